The summed E-state index contributed by atoms with van der Waals surface area (Å²) in [6.07, 6.45) is 0. The van der Waals surface area contributed by atoms with E-state index in [0.717, 1.165) is 0 Å². The van der Waals surface area contributed by atoms with Crippen LogP contribution in [0.15, 0.2) is 24.3 Å². The minimum absolute atomic E-state index is 0.492. The number of carbonyl (C=O) groups is 1. The molecule has 0 aliphatic heterocycles. The number of nitrogens with zero attached hydrogens (tertiary/aromatic N) is 1. The summed E-state index contributed by atoms with van der Waals surface area (Å²) in [5.41, 5.74) is 0.548. The first-order valence-corrected chi connectivity index (χ1v) is 4.29. The maximum atomic E-state index is 11.2. The summed E-state index contributed by atoms with van der Waals surface area (Å²) in [4.78, 5) is 11.2. The maximum absolute atomic E-state index is 11.2. The third-order valence-electron chi connectivity index (χ3n) is 1.75. The van der Waals surface area contributed by atoms with E-state index in [4.69, 9.17) is 16.9 Å². The molecule has 0 amide bonds. The van der Waals surface area contributed by atoms with E-state index in [9.17, 15) is 4.79 Å². The molecule has 3 nitrogen and oxygen atoms in total. The van der Waals surface area contributed by atoms with Gasteiger partial charge in [0.25, 0.3) is 0 Å². The second-order valence-electron chi connectivity index (χ2n) is 2.64. The van der Waals surface area contributed by atoms with Crippen LogP contribution in [0.5, 0.6) is 0 Å². The van der Waals surface area contributed by atoms with E-state index < -0.39 is 11.9 Å². The Kier molecular flexibility index (Phi) is 3.49. The highest BCUT2D eigenvalue weighted by molar-refractivity contribution is 6.30. The van der Waals surface area contributed by atoms with Crippen LogP contribution >= 0.6 is 11.6 Å². The third kappa shape index (κ3) is 2.24. The molecule has 0 saturated carbocycles. The summed E-state index contributed by atoms with van der Waals surface area (Å²) in [7, 11) is 1.25. The van der Waals surface area contributed by atoms with Gasteiger partial charge in [-0.2, -0.15) is 5.26 Å². The molecule has 1 aromatic carbocycles. The number of hydrogen-bond acceptors (Lipinski definition) is 3. The van der Waals surface area contributed by atoms with Gasteiger partial charge in [0.1, 0.15) is 0 Å². The highest BCUT2D eigenvalue weighted by Gasteiger charge is 2.20. The molecule has 0 aliphatic rings. The van der Waals surface area contributed by atoms with Crippen molar-refractivity contribution in [2.45, 2.75) is 5.92 Å². The van der Waals surface area contributed by atoms with Gasteiger partial charge in [-0.15, -0.1) is 0 Å². The molecule has 0 fully saturated rings. The standard InChI is InChI=1S/C10H8ClNO2/c1-14-10(13)9(6-12)7-3-2-4-8(11)5-7/h2-5,9H,1H3/t9-/m1/s1. The van der Waals surface area contributed by atoms with Crippen LogP contribution in [0.4, 0.5) is 0 Å². The Bertz CT molecular complexity index is 384. The predicted molar refractivity (Wildman–Crippen MR) is 51.8 cm³/mol. The maximum Gasteiger partial charge on any atom is 0.327 e. The first-order valence-electron chi connectivity index (χ1n) is 3.92. The SMILES string of the molecule is COC(=O)[C@H](C#N)c1cccc(Cl)c1. The van der Waals surface area contributed by atoms with E-state index in [1.807, 2.05) is 6.07 Å². The molecule has 0 aliphatic carbocycles. The van der Waals surface area contributed by atoms with E-state index in [2.05, 4.69) is 4.74 Å². The molecule has 1 rings (SSSR count). The molecule has 72 valence electrons. The van der Waals surface area contributed by atoms with Crippen molar-refractivity contribution in [1.82, 2.24) is 0 Å². The van der Waals surface area contributed by atoms with E-state index in [1.54, 1.807) is 24.3 Å². The second-order valence-corrected chi connectivity index (χ2v) is 3.08. The first-order chi connectivity index (χ1) is 6.69. The molecule has 0 heterocycles. The molecular formula is C10H8ClNO2. The third-order valence-corrected chi connectivity index (χ3v) is 1.98. The van der Waals surface area contributed by atoms with Crippen molar-refractivity contribution in [2.75, 3.05) is 7.11 Å². The van der Waals surface area contributed by atoms with Gasteiger partial charge in [-0.05, 0) is 17.7 Å². The van der Waals surface area contributed by atoms with Gasteiger partial charge in [0.2, 0.25) is 0 Å². The smallest absolute Gasteiger partial charge is 0.327 e. The van der Waals surface area contributed by atoms with Crippen LogP contribution < -0.4 is 0 Å². The van der Waals surface area contributed by atoms with Gasteiger partial charge < -0.3 is 4.74 Å². The fourth-order valence-corrected chi connectivity index (χ4v) is 1.27. The van der Waals surface area contributed by atoms with E-state index >= 15 is 0 Å². The molecule has 0 spiro atoms. The van der Waals surface area contributed by atoms with Crippen molar-refractivity contribution in [3.8, 4) is 6.07 Å². The van der Waals surface area contributed by atoms with Crippen molar-refractivity contribution in [3.05, 3.63) is 34.9 Å². The van der Waals surface area contributed by atoms with Gasteiger partial charge in [-0.25, -0.2) is 0 Å². The molecule has 4 heteroatoms. The van der Waals surface area contributed by atoms with E-state index in [0.29, 0.717) is 10.6 Å². The van der Waals surface area contributed by atoms with Gasteiger partial charge in [0.05, 0.1) is 13.2 Å². The van der Waals surface area contributed by atoms with Crippen molar-refractivity contribution < 1.29 is 9.53 Å². The highest BCUT2D eigenvalue weighted by Crippen LogP contribution is 2.20. The number of nitriles is 1. The normalized spacial score (nSPS) is 11.5. The van der Waals surface area contributed by atoms with Crippen LogP contribution in [0, 0.1) is 11.3 Å². The van der Waals surface area contributed by atoms with Crippen LogP contribution in [-0.4, -0.2) is 13.1 Å². The van der Waals surface area contributed by atoms with Crippen LogP contribution in [-0.2, 0) is 9.53 Å². The molecule has 1 atom stereocenters. The minimum Gasteiger partial charge on any atom is -0.468 e. The van der Waals surface area contributed by atoms with Crippen LogP contribution in [0.3, 0.4) is 0 Å². The Balaban J connectivity index is 3.02. The van der Waals surface area contributed by atoms with Crippen LogP contribution in [0.25, 0.3) is 0 Å². The lowest BCUT2D eigenvalue weighted by Gasteiger charge is -2.06. The van der Waals surface area contributed by atoms with Gasteiger partial charge in [-0.1, -0.05) is 23.7 Å². The zero-order chi connectivity index (χ0) is 10.6. The quantitative estimate of drug-likeness (QED) is 0.701. The summed E-state index contributed by atoms with van der Waals surface area (Å²) in [5.74, 6) is -1.48. The molecule has 0 aromatic heterocycles. The second kappa shape index (κ2) is 4.64. The molecule has 0 unspecified atom stereocenters. The summed E-state index contributed by atoms with van der Waals surface area (Å²) < 4.78 is 4.49. The Morgan fingerprint density at radius 2 is 2.36 bits per heavy atom. The predicted octanol–water partition coefficient (Wildman–Crippen LogP) is 2.12. The van der Waals surface area contributed by atoms with Crippen molar-refractivity contribution in [1.29, 1.82) is 5.26 Å². The number of carbonyl (C=O) groups excluding carboxylic acids is 1. The van der Waals surface area contributed by atoms with E-state index in [1.165, 1.54) is 7.11 Å². The zero-order valence-electron chi connectivity index (χ0n) is 7.53. The van der Waals surface area contributed by atoms with E-state index in [-0.39, 0.29) is 0 Å². The summed E-state index contributed by atoms with van der Waals surface area (Å²) in [6, 6.07) is 8.47. The number of benzene rings is 1. The lowest BCUT2D eigenvalue weighted by molar-refractivity contribution is -0.140. The van der Waals surface area contributed by atoms with Crippen molar-refractivity contribution in [2.24, 2.45) is 0 Å². The van der Waals surface area contributed by atoms with Crippen molar-refractivity contribution in [3.63, 3.8) is 0 Å². The molecular weight excluding hydrogens is 202 g/mol. The minimum atomic E-state index is -0.904. The van der Waals surface area contributed by atoms with Crippen LogP contribution in [0.1, 0.15) is 11.5 Å². The van der Waals surface area contributed by atoms with Gasteiger partial charge in [0, 0.05) is 5.02 Å². The number of halogens is 1. The lowest BCUT2D eigenvalue weighted by Crippen LogP contribution is -2.12. The number of rotatable bonds is 2. The average molecular weight is 210 g/mol. The molecule has 0 bridgehead atoms. The number of ether oxygens (including phenoxy) is 1. The topological polar surface area (TPSA) is 50.1 Å². The Morgan fingerprint density at radius 1 is 1.64 bits per heavy atom. The van der Waals surface area contributed by atoms with Gasteiger partial charge in [0.15, 0.2) is 5.92 Å². The lowest BCUT2D eigenvalue weighted by atomic mass is 10.0. The summed E-state index contributed by atoms with van der Waals surface area (Å²) in [5, 5.41) is 9.27. The fourth-order valence-electron chi connectivity index (χ4n) is 1.07. The van der Waals surface area contributed by atoms with Crippen molar-refractivity contribution >= 4 is 17.6 Å². The Hall–Kier alpha value is -1.53. The molecule has 14 heavy (non-hydrogen) atoms. The fraction of sp³-hybridized carbons (Fsp3) is 0.200. The summed E-state index contributed by atoms with van der Waals surface area (Å²) in [6.45, 7) is 0. The molecule has 0 radical (unpaired) electrons. The first kappa shape index (κ1) is 10.6. The molecule has 0 saturated heterocycles. The van der Waals surface area contributed by atoms with Gasteiger partial charge in [-0.3, -0.25) is 4.79 Å². The number of hydrogen-bond donors (Lipinski definition) is 0. The molecule has 1 aromatic rings. The Morgan fingerprint density at radius 3 is 2.86 bits per heavy atom. The Labute approximate surface area is 86.9 Å². The number of methoxy groups -OCH3 is 1. The number of esters is 1. The van der Waals surface area contributed by atoms with Crippen LogP contribution in [0.2, 0.25) is 5.02 Å². The zero-order valence-corrected chi connectivity index (χ0v) is 8.28. The summed E-state index contributed by atoms with van der Waals surface area (Å²) >= 11 is 5.73. The highest BCUT2D eigenvalue weighted by atomic mass is 35.5. The molecule has 0 N–H and O–H groups in total. The monoisotopic (exact) mass is 209 g/mol. The van der Waals surface area contributed by atoms with Gasteiger partial charge >= 0.3 is 5.97 Å². The average Bonchev–Trinajstić information content (AvgIpc) is 2.19. The largest absolute Gasteiger partial charge is 0.468 e.